The van der Waals surface area contributed by atoms with E-state index in [1.54, 1.807) is 26.3 Å². The van der Waals surface area contributed by atoms with Crippen LogP contribution in [0.5, 0.6) is 0 Å². The quantitative estimate of drug-likeness (QED) is 0.548. The number of nitro groups is 1. The number of ether oxygens (including phenoxy) is 1. The van der Waals surface area contributed by atoms with Crippen LogP contribution in [0, 0.1) is 10.1 Å². The molecule has 1 rings (SSSR count). The fraction of sp³-hybridized carbons (Fsp3) is 0.632. The maximum Gasteiger partial charge on any atom is 0.294 e. The summed E-state index contributed by atoms with van der Waals surface area (Å²) in [5.41, 5.74) is 0.932. The van der Waals surface area contributed by atoms with E-state index in [1.165, 1.54) is 37.2 Å². The van der Waals surface area contributed by atoms with Crippen LogP contribution in [0.1, 0.15) is 53.9 Å². The Morgan fingerprint density at radius 3 is 2.08 bits per heavy atom. The highest BCUT2D eigenvalue weighted by Gasteiger charge is 2.16. The molecule has 7 nitrogen and oxygen atoms in total. The Morgan fingerprint density at radius 1 is 1.23 bits per heavy atom. The van der Waals surface area contributed by atoms with Gasteiger partial charge in [0.05, 0.1) is 10.6 Å². The van der Waals surface area contributed by atoms with E-state index in [4.69, 9.17) is 0 Å². The van der Waals surface area contributed by atoms with Crippen molar-refractivity contribution >= 4 is 23.0 Å². The molecule has 7 heteroatoms. The predicted molar refractivity (Wildman–Crippen MR) is 109 cm³/mol. The van der Waals surface area contributed by atoms with Crippen molar-refractivity contribution in [3.63, 3.8) is 0 Å². The Balaban J connectivity index is 0. The number of amides is 1. The number of nitro benzene ring substituents is 1. The summed E-state index contributed by atoms with van der Waals surface area (Å²) in [4.78, 5) is 23.0. The summed E-state index contributed by atoms with van der Waals surface area (Å²) < 4.78 is 4.54. The highest BCUT2D eigenvalue weighted by molar-refractivity contribution is 5.91. The SMILES string of the molecule is CCCCC.CCNc1ccc(N(C)C(C)=O)cc1[N+](=O)[O-].CCOC. The van der Waals surface area contributed by atoms with Crippen molar-refractivity contribution in [3.05, 3.63) is 28.3 Å². The van der Waals surface area contributed by atoms with Crippen LogP contribution in [0.4, 0.5) is 17.1 Å². The molecule has 0 aliphatic heterocycles. The molecular weight excluding hydrogens is 334 g/mol. The lowest BCUT2D eigenvalue weighted by atomic mass is 10.2. The van der Waals surface area contributed by atoms with Crippen LogP contribution < -0.4 is 10.2 Å². The highest BCUT2D eigenvalue weighted by atomic mass is 16.6. The maximum absolute atomic E-state index is 11.2. The first-order chi connectivity index (χ1) is 12.3. The fourth-order valence-electron chi connectivity index (χ4n) is 1.76. The smallest absolute Gasteiger partial charge is 0.294 e. The first kappa shape index (κ1) is 26.1. The second-order valence-corrected chi connectivity index (χ2v) is 5.50. The molecule has 0 saturated heterocycles. The van der Waals surface area contributed by atoms with Crippen molar-refractivity contribution in [3.8, 4) is 0 Å². The molecule has 1 aromatic carbocycles. The number of unbranched alkanes of at least 4 members (excludes halogenated alkanes) is 2. The fourth-order valence-corrected chi connectivity index (χ4v) is 1.76. The van der Waals surface area contributed by atoms with Crippen LogP contribution in [-0.2, 0) is 9.53 Å². The molecule has 0 radical (unpaired) electrons. The molecular formula is C19H35N3O4. The molecule has 0 atom stereocenters. The minimum Gasteiger partial charge on any atom is -0.385 e. The Kier molecular flexibility index (Phi) is 16.4. The van der Waals surface area contributed by atoms with Crippen molar-refractivity contribution < 1.29 is 14.5 Å². The zero-order valence-electron chi connectivity index (χ0n) is 17.3. The number of methoxy groups -OCH3 is 1. The van der Waals surface area contributed by atoms with Gasteiger partial charge in [0, 0.05) is 40.3 Å². The van der Waals surface area contributed by atoms with E-state index >= 15 is 0 Å². The summed E-state index contributed by atoms with van der Waals surface area (Å²) in [6, 6.07) is 4.67. The van der Waals surface area contributed by atoms with Crippen LogP contribution >= 0.6 is 0 Å². The first-order valence-corrected chi connectivity index (χ1v) is 9.05. The zero-order valence-corrected chi connectivity index (χ0v) is 17.3. The molecule has 0 aliphatic carbocycles. The zero-order chi connectivity index (χ0) is 20.5. The lowest BCUT2D eigenvalue weighted by Gasteiger charge is -2.15. The Hall–Kier alpha value is -2.15. The topological polar surface area (TPSA) is 84.7 Å². The van der Waals surface area contributed by atoms with Gasteiger partial charge in [-0.2, -0.15) is 0 Å². The van der Waals surface area contributed by atoms with Crippen LogP contribution in [0.25, 0.3) is 0 Å². The molecule has 0 fully saturated rings. The van der Waals surface area contributed by atoms with Gasteiger partial charge in [-0.1, -0.05) is 33.1 Å². The molecule has 0 heterocycles. The number of rotatable bonds is 7. The van der Waals surface area contributed by atoms with E-state index in [1.807, 2.05) is 13.8 Å². The third kappa shape index (κ3) is 11.4. The number of benzene rings is 1. The average Bonchev–Trinajstić information content (AvgIpc) is 2.62. The minimum atomic E-state index is -0.463. The van der Waals surface area contributed by atoms with E-state index in [9.17, 15) is 14.9 Å². The molecule has 150 valence electrons. The lowest BCUT2D eigenvalue weighted by Crippen LogP contribution is -2.22. The summed E-state index contributed by atoms with van der Waals surface area (Å²) in [7, 11) is 3.26. The molecule has 0 saturated carbocycles. The first-order valence-electron chi connectivity index (χ1n) is 9.05. The third-order valence-electron chi connectivity index (χ3n) is 3.40. The standard InChI is InChI=1S/C11H15N3O3.C5H12.C3H8O/c1-4-12-10-6-5-9(13(3)8(2)15)7-11(10)14(16)17;1-3-5-4-2;1-3-4-2/h5-7,12H,4H2,1-3H3;3-5H2,1-2H3;3H2,1-2H3. The summed E-state index contributed by atoms with van der Waals surface area (Å²) in [5.74, 6) is -0.171. The molecule has 0 bridgehead atoms. The number of anilines is 2. The highest BCUT2D eigenvalue weighted by Crippen LogP contribution is 2.29. The number of carbonyl (C=O) groups excluding carboxylic acids is 1. The molecule has 1 N–H and O–H groups in total. The van der Waals surface area contributed by atoms with Gasteiger partial charge in [0.25, 0.3) is 5.69 Å². The number of nitrogens with zero attached hydrogens (tertiary/aromatic N) is 2. The summed E-state index contributed by atoms with van der Waals surface area (Å²) in [5, 5.41) is 13.8. The molecule has 1 amide bonds. The van der Waals surface area contributed by atoms with E-state index in [0.29, 0.717) is 17.9 Å². The van der Waals surface area contributed by atoms with Gasteiger partial charge in [0.2, 0.25) is 5.91 Å². The van der Waals surface area contributed by atoms with Crippen LogP contribution in [0.3, 0.4) is 0 Å². The molecule has 0 aliphatic rings. The van der Waals surface area contributed by atoms with Crippen molar-refractivity contribution in [1.82, 2.24) is 0 Å². The second-order valence-electron chi connectivity index (χ2n) is 5.50. The van der Waals surface area contributed by atoms with Crippen molar-refractivity contribution in [2.45, 2.75) is 53.9 Å². The van der Waals surface area contributed by atoms with Crippen LogP contribution in [0.15, 0.2) is 18.2 Å². The number of carbonyl (C=O) groups is 1. The normalized spacial score (nSPS) is 9.19. The second kappa shape index (κ2) is 16.3. The van der Waals surface area contributed by atoms with Crippen molar-refractivity contribution in [2.75, 3.05) is 37.5 Å². The third-order valence-corrected chi connectivity index (χ3v) is 3.40. The minimum absolute atomic E-state index is 0.0301. The number of hydrogen-bond acceptors (Lipinski definition) is 5. The number of hydrogen-bond donors (Lipinski definition) is 1. The van der Waals surface area contributed by atoms with Gasteiger partial charge in [-0.15, -0.1) is 0 Å². The monoisotopic (exact) mass is 369 g/mol. The maximum atomic E-state index is 11.2. The molecule has 1 aromatic rings. The van der Waals surface area contributed by atoms with Gasteiger partial charge in [-0.3, -0.25) is 14.9 Å². The summed E-state index contributed by atoms with van der Waals surface area (Å²) in [6.07, 6.45) is 4.08. The van der Waals surface area contributed by atoms with E-state index < -0.39 is 4.92 Å². The summed E-state index contributed by atoms with van der Waals surface area (Å²) >= 11 is 0. The molecule has 0 unspecified atom stereocenters. The van der Waals surface area contributed by atoms with Crippen LogP contribution in [-0.4, -0.2) is 38.1 Å². The Morgan fingerprint density at radius 2 is 1.77 bits per heavy atom. The lowest BCUT2D eigenvalue weighted by molar-refractivity contribution is -0.383. The van der Waals surface area contributed by atoms with E-state index in [-0.39, 0.29) is 11.6 Å². The van der Waals surface area contributed by atoms with Gasteiger partial charge in [-0.25, -0.2) is 0 Å². The van der Waals surface area contributed by atoms with Gasteiger partial charge in [-0.05, 0) is 26.0 Å². The molecule has 26 heavy (non-hydrogen) atoms. The Bertz CT molecular complexity index is 518. The average molecular weight is 370 g/mol. The van der Waals surface area contributed by atoms with Gasteiger partial charge in [0.15, 0.2) is 0 Å². The van der Waals surface area contributed by atoms with Gasteiger partial charge in [0.1, 0.15) is 5.69 Å². The molecule has 0 aromatic heterocycles. The summed E-state index contributed by atoms with van der Waals surface area (Å²) in [6.45, 7) is 11.1. The molecule has 0 spiro atoms. The number of nitrogens with one attached hydrogen (secondary N) is 1. The van der Waals surface area contributed by atoms with E-state index in [2.05, 4.69) is 23.9 Å². The van der Waals surface area contributed by atoms with Crippen molar-refractivity contribution in [2.24, 2.45) is 0 Å². The van der Waals surface area contributed by atoms with Crippen molar-refractivity contribution in [1.29, 1.82) is 0 Å². The van der Waals surface area contributed by atoms with Gasteiger partial charge >= 0.3 is 0 Å². The predicted octanol–water partition coefficient (Wildman–Crippen LogP) is 4.86. The Labute approximate surface area is 157 Å². The van der Waals surface area contributed by atoms with Crippen LogP contribution in [0.2, 0.25) is 0 Å². The van der Waals surface area contributed by atoms with Gasteiger partial charge < -0.3 is 15.0 Å². The largest absolute Gasteiger partial charge is 0.385 e. The van der Waals surface area contributed by atoms with E-state index in [0.717, 1.165) is 6.61 Å².